The maximum atomic E-state index is 5.51. The van der Waals surface area contributed by atoms with Crippen LogP contribution in [0.1, 0.15) is 12.7 Å². The highest BCUT2D eigenvalue weighted by atomic mass is 16.5. The van der Waals surface area contributed by atoms with Crippen molar-refractivity contribution in [3.05, 3.63) is 24.5 Å². The van der Waals surface area contributed by atoms with Gasteiger partial charge in [0.25, 0.3) is 0 Å². The van der Waals surface area contributed by atoms with Crippen molar-refractivity contribution < 1.29 is 4.74 Å². The molecule has 0 fully saturated rings. The van der Waals surface area contributed by atoms with Gasteiger partial charge in [0.1, 0.15) is 12.9 Å². The Balaban J connectivity index is 1.96. The van der Waals surface area contributed by atoms with E-state index in [1.54, 1.807) is 10.9 Å². The highest BCUT2D eigenvalue weighted by molar-refractivity contribution is 5.11. The van der Waals surface area contributed by atoms with Gasteiger partial charge < -0.3 is 4.74 Å². The smallest absolute Gasteiger partial charge is 0.164 e. The van der Waals surface area contributed by atoms with Crippen LogP contribution in [0.4, 0.5) is 0 Å². The van der Waals surface area contributed by atoms with Crippen molar-refractivity contribution in [1.82, 2.24) is 24.5 Å². The van der Waals surface area contributed by atoms with E-state index in [-0.39, 0.29) is 0 Å². The van der Waals surface area contributed by atoms with E-state index in [1.165, 1.54) is 6.33 Å². The molecule has 0 saturated heterocycles. The quantitative estimate of drug-likeness (QED) is 0.737. The van der Waals surface area contributed by atoms with E-state index >= 15 is 0 Å². The summed E-state index contributed by atoms with van der Waals surface area (Å²) in [5.41, 5.74) is 0. The molecule has 0 unspecified atom stereocenters. The summed E-state index contributed by atoms with van der Waals surface area (Å²) >= 11 is 0. The lowest BCUT2D eigenvalue weighted by molar-refractivity contribution is 0.289. The van der Waals surface area contributed by atoms with Crippen LogP contribution in [0.5, 0.6) is 5.75 Å². The second kappa shape index (κ2) is 4.12. The molecule has 0 aliphatic carbocycles. The van der Waals surface area contributed by atoms with E-state index in [0.717, 1.165) is 18.1 Å². The largest absolute Gasteiger partial charge is 0.482 e. The Hall–Kier alpha value is -1.85. The molecule has 0 aliphatic rings. The topological polar surface area (TPSA) is 57.8 Å². The van der Waals surface area contributed by atoms with E-state index in [4.69, 9.17) is 4.74 Å². The molecule has 6 nitrogen and oxygen atoms in total. The van der Waals surface area contributed by atoms with Crippen LogP contribution in [0.25, 0.3) is 0 Å². The minimum atomic E-state index is 0.409. The molecule has 2 aromatic rings. The first-order valence-electron chi connectivity index (χ1n) is 4.77. The summed E-state index contributed by atoms with van der Waals surface area (Å²) in [7, 11) is 1.83. The van der Waals surface area contributed by atoms with Crippen molar-refractivity contribution in [3.8, 4) is 5.75 Å². The van der Waals surface area contributed by atoms with Crippen molar-refractivity contribution in [1.29, 1.82) is 0 Å². The zero-order valence-corrected chi connectivity index (χ0v) is 8.79. The van der Waals surface area contributed by atoms with Crippen molar-refractivity contribution in [2.24, 2.45) is 7.05 Å². The van der Waals surface area contributed by atoms with Gasteiger partial charge in [0.2, 0.25) is 0 Å². The maximum absolute atomic E-state index is 5.51. The first-order chi connectivity index (χ1) is 7.29. The minimum Gasteiger partial charge on any atom is -0.482 e. The lowest BCUT2D eigenvalue weighted by Crippen LogP contribution is -2.04. The number of hydrogen-bond donors (Lipinski definition) is 0. The summed E-state index contributed by atoms with van der Waals surface area (Å²) in [6.07, 6.45) is 5.06. The van der Waals surface area contributed by atoms with Crippen LogP contribution in [-0.4, -0.2) is 24.5 Å². The van der Waals surface area contributed by atoms with Crippen LogP contribution < -0.4 is 4.74 Å². The molecule has 2 aromatic heterocycles. The molecule has 0 amide bonds. The predicted molar refractivity (Wildman–Crippen MR) is 53.2 cm³/mol. The molecule has 6 heteroatoms. The van der Waals surface area contributed by atoms with Crippen molar-refractivity contribution in [2.75, 3.05) is 0 Å². The number of ether oxygens (including phenoxy) is 1. The molecule has 0 atom stereocenters. The number of rotatable bonds is 4. The molecule has 80 valence electrons. The molecule has 0 saturated carbocycles. The zero-order valence-electron chi connectivity index (χ0n) is 8.79. The lowest BCUT2D eigenvalue weighted by atomic mass is 10.6. The fourth-order valence-electron chi connectivity index (χ4n) is 1.19. The molecule has 0 aliphatic heterocycles. The van der Waals surface area contributed by atoms with Gasteiger partial charge in [0.05, 0.1) is 12.4 Å². The normalized spacial score (nSPS) is 10.5. The summed E-state index contributed by atoms with van der Waals surface area (Å²) in [6, 6.07) is 0. The summed E-state index contributed by atoms with van der Waals surface area (Å²) in [6.45, 7) is 3.28. The SMILES string of the molecule is CCn1cc(OCc2ncnn2C)cn1. The molecule has 0 bridgehead atoms. The summed E-state index contributed by atoms with van der Waals surface area (Å²) in [5, 5.41) is 8.06. The van der Waals surface area contributed by atoms with Crippen LogP contribution in [0.15, 0.2) is 18.7 Å². The van der Waals surface area contributed by atoms with Crippen LogP contribution in [0, 0.1) is 0 Å². The Morgan fingerprint density at radius 1 is 1.40 bits per heavy atom. The van der Waals surface area contributed by atoms with Gasteiger partial charge in [-0.1, -0.05) is 0 Å². The summed E-state index contributed by atoms with van der Waals surface area (Å²) < 4.78 is 9.00. The van der Waals surface area contributed by atoms with Gasteiger partial charge in [0.15, 0.2) is 11.6 Å². The summed E-state index contributed by atoms with van der Waals surface area (Å²) in [4.78, 5) is 4.06. The summed E-state index contributed by atoms with van der Waals surface area (Å²) in [5.74, 6) is 1.54. The second-order valence-electron chi connectivity index (χ2n) is 3.12. The van der Waals surface area contributed by atoms with E-state index in [0.29, 0.717) is 6.61 Å². The van der Waals surface area contributed by atoms with Gasteiger partial charge in [-0.15, -0.1) is 0 Å². The van der Waals surface area contributed by atoms with Gasteiger partial charge in [-0.25, -0.2) is 4.98 Å². The number of hydrogen-bond acceptors (Lipinski definition) is 4. The fourth-order valence-corrected chi connectivity index (χ4v) is 1.19. The van der Waals surface area contributed by atoms with E-state index < -0.39 is 0 Å². The molecule has 0 N–H and O–H groups in total. The first kappa shape index (κ1) is 9.70. The Bertz CT molecular complexity index is 433. The van der Waals surface area contributed by atoms with E-state index in [9.17, 15) is 0 Å². The first-order valence-corrected chi connectivity index (χ1v) is 4.77. The number of aromatic nitrogens is 5. The van der Waals surface area contributed by atoms with Crippen LogP contribution in [-0.2, 0) is 20.2 Å². The Kier molecular flexibility index (Phi) is 2.66. The monoisotopic (exact) mass is 207 g/mol. The van der Waals surface area contributed by atoms with Crippen molar-refractivity contribution >= 4 is 0 Å². The standard InChI is InChI=1S/C9H13N5O/c1-3-14-5-8(4-11-14)15-6-9-10-7-12-13(9)2/h4-5,7H,3,6H2,1-2H3. The molecule has 2 rings (SSSR count). The van der Waals surface area contributed by atoms with Crippen molar-refractivity contribution in [3.63, 3.8) is 0 Å². The molecule has 0 radical (unpaired) electrons. The van der Waals surface area contributed by atoms with Crippen LogP contribution >= 0.6 is 0 Å². The van der Waals surface area contributed by atoms with Gasteiger partial charge in [-0.3, -0.25) is 9.36 Å². The van der Waals surface area contributed by atoms with Crippen LogP contribution in [0.2, 0.25) is 0 Å². The predicted octanol–water partition coefficient (Wildman–Crippen LogP) is 0.610. The van der Waals surface area contributed by atoms with Gasteiger partial charge in [0, 0.05) is 13.6 Å². The Morgan fingerprint density at radius 3 is 2.87 bits per heavy atom. The zero-order chi connectivity index (χ0) is 10.7. The third-order valence-electron chi connectivity index (χ3n) is 2.11. The molecular weight excluding hydrogens is 194 g/mol. The molecular formula is C9H13N5O. The average molecular weight is 207 g/mol. The highest BCUT2D eigenvalue weighted by Crippen LogP contribution is 2.09. The van der Waals surface area contributed by atoms with Crippen LogP contribution in [0.3, 0.4) is 0 Å². The molecule has 15 heavy (non-hydrogen) atoms. The highest BCUT2D eigenvalue weighted by Gasteiger charge is 2.02. The van der Waals surface area contributed by atoms with Gasteiger partial charge >= 0.3 is 0 Å². The number of aryl methyl sites for hydroxylation is 2. The van der Waals surface area contributed by atoms with Gasteiger partial charge in [-0.05, 0) is 6.92 Å². The van der Waals surface area contributed by atoms with E-state index in [2.05, 4.69) is 15.2 Å². The van der Waals surface area contributed by atoms with E-state index in [1.807, 2.05) is 24.9 Å². The fraction of sp³-hybridized carbons (Fsp3) is 0.444. The molecule has 0 aromatic carbocycles. The second-order valence-corrected chi connectivity index (χ2v) is 3.12. The average Bonchev–Trinajstić information content (AvgIpc) is 2.84. The molecule has 2 heterocycles. The Labute approximate surface area is 87.5 Å². The Morgan fingerprint density at radius 2 is 2.27 bits per heavy atom. The number of nitrogens with zero attached hydrogens (tertiary/aromatic N) is 5. The third kappa shape index (κ3) is 2.15. The maximum Gasteiger partial charge on any atom is 0.164 e. The van der Waals surface area contributed by atoms with Gasteiger partial charge in [-0.2, -0.15) is 10.2 Å². The molecule has 0 spiro atoms. The lowest BCUT2D eigenvalue weighted by Gasteiger charge is -2.01. The van der Waals surface area contributed by atoms with Crippen molar-refractivity contribution in [2.45, 2.75) is 20.1 Å². The third-order valence-corrected chi connectivity index (χ3v) is 2.11. The minimum absolute atomic E-state index is 0.409.